The van der Waals surface area contributed by atoms with Crippen LogP contribution in [-0.4, -0.2) is 24.6 Å². The zero-order chi connectivity index (χ0) is 12.8. The third kappa shape index (κ3) is 3.94. The minimum Gasteiger partial charge on any atom is -0.494 e. The molecule has 0 bridgehead atoms. The zero-order valence-corrected chi connectivity index (χ0v) is 9.28. The second-order valence-electron chi connectivity index (χ2n) is 3.32. The number of alkyl halides is 2. The Hall–Kier alpha value is -1.78. The highest BCUT2D eigenvalue weighted by atomic mass is 19.3. The molecule has 3 nitrogen and oxygen atoms in total. The van der Waals surface area contributed by atoms with Gasteiger partial charge in [0, 0.05) is 5.56 Å². The Morgan fingerprint density at radius 1 is 1.24 bits per heavy atom. The van der Waals surface area contributed by atoms with Crippen molar-refractivity contribution in [1.82, 2.24) is 0 Å². The summed E-state index contributed by atoms with van der Waals surface area (Å²) in [7, 11) is 0. The molecular weight excluding hydrogens is 230 g/mol. The van der Waals surface area contributed by atoms with E-state index in [-0.39, 0.29) is 5.56 Å². The number of halogens is 2. The van der Waals surface area contributed by atoms with Gasteiger partial charge in [0.2, 0.25) is 5.78 Å². The van der Waals surface area contributed by atoms with E-state index in [2.05, 4.69) is 0 Å². The smallest absolute Gasteiger partial charge is 0.296 e. The summed E-state index contributed by atoms with van der Waals surface area (Å²) in [6, 6.07) is 6.02. The molecule has 0 unspecified atom stereocenters. The average Bonchev–Trinajstić information content (AvgIpc) is 2.30. The second kappa shape index (κ2) is 6.08. The van der Waals surface area contributed by atoms with Crippen LogP contribution in [0.4, 0.5) is 8.78 Å². The molecule has 17 heavy (non-hydrogen) atoms. The SMILES string of the molecule is CCOc1ccc(C(=O)CC(=O)C(F)F)cc1. The van der Waals surface area contributed by atoms with Crippen molar-refractivity contribution in [3.05, 3.63) is 29.8 Å². The summed E-state index contributed by atoms with van der Waals surface area (Å²) in [5.41, 5.74) is 0.224. The van der Waals surface area contributed by atoms with E-state index in [1.165, 1.54) is 12.1 Å². The molecule has 0 atom stereocenters. The fourth-order valence-corrected chi connectivity index (χ4v) is 1.24. The lowest BCUT2D eigenvalue weighted by Crippen LogP contribution is -2.15. The number of carbonyl (C=O) groups is 2. The van der Waals surface area contributed by atoms with Crippen molar-refractivity contribution in [2.75, 3.05) is 6.61 Å². The van der Waals surface area contributed by atoms with E-state index < -0.39 is 24.4 Å². The van der Waals surface area contributed by atoms with E-state index in [9.17, 15) is 18.4 Å². The van der Waals surface area contributed by atoms with Gasteiger partial charge < -0.3 is 4.74 Å². The third-order valence-electron chi connectivity index (χ3n) is 2.07. The van der Waals surface area contributed by atoms with Gasteiger partial charge in [-0.2, -0.15) is 0 Å². The van der Waals surface area contributed by atoms with Gasteiger partial charge >= 0.3 is 0 Å². The first-order chi connectivity index (χ1) is 8.04. The monoisotopic (exact) mass is 242 g/mol. The van der Waals surface area contributed by atoms with Crippen LogP contribution in [0.1, 0.15) is 23.7 Å². The van der Waals surface area contributed by atoms with Crippen molar-refractivity contribution < 1.29 is 23.1 Å². The van der Waals surface area contributed by atoms with Crippen molar-refractivity contribution in [2.45, 2.75) is 19.8 Å². The lowest BCUT2D eigenvalue weighted by atomic mass is 10.1. The molecule has 0 aliphatic carbocycles. The molecule has 1 aromatic rings. The maximum atomic E-state index is 11.9. The summed E-state index contributed by atoms with van der Waals surface area (Å²) >= 11 is 0. The Morgan fingerprint density at radius 2 is 1.82 bits per heavy atom. The van der Waals surface area contributed by atoms with Crippen LogP contribution in [-0.2, 0) is 4.79 Å². The van der Waals surface area contributed by atoms with Gasteiger partial charge in [0.25, 0.3) is 6.43 Å². The van der Waals surface area contributed by atoms with E-state index in [0.717, 1.165) is 0 Å². The van der Waals surface area contributed by atoms with E-state index in [1.54, 1.807) is 12.1 Å². The molecule has 0 spiro atoms. The first kappa shape index (κ1) is 13.3. The summed E-state index contributed by atoms with van der Waals surface area (Å²) in [6.45, 7) is 2.32. The van der Waals surface area contributed by atoms with Gasteiger partial charge in [-0.1, -0.05) is 0 Å². The fraction of sp³-hybridized carbons (Fsp3) is 0.333. The molecule has 0 heterocycles. The number of carbonyl (C=O) groups excluding carboxylic acids is 2. The highest BCUT2D eigenvalue weighted by molar-refractivity contribution is 6.08. The normalized spacial score (nSPS) is 10.4. The van der Waals surface area contributed by atoms with E-state index in [4.69, 9.17) is 4.74 Å². The number of ketones is 2. The van der Waals surface area contributed by atoms with Crippen molar-refractivity contribution in [1.29, 1.82) is 0 Å². The Morgan fingerprint density at radius 3 is 2.29 bits per heavy atom. The van der Waals surface area contributed by atoms with Crippen LogP contribution in [0.5, 0.6) is 5.75 Å². The van der Waals surface area contributed by atoms with Crippen molar-refractivity contribution >= 4 is 11.6 Å². The van der Waals surface area contributed by atoms with Gasteiger partial charge in [-0.25, -0.2) is 8.78 Å². The van der Waals surface area contributed by atoms with Crippen LogP contribution in [0.15, 0.2) is 24.3 Å². The Balaban J connectivity index is 2.66. The largest absolute Gasteiger partial charge is 0.494 e. The van der Waals surface area contributed by atoms with E-state index >= 15 is 0 Å². The molecule has 0 amide bonds. The number of Topliss-reactive ketones (excluding diaryl/α,β-unsaturated/α-hetero) is 2. The highest BCUT2D eigenvalue weighted by Crippen LogP contribution is 2.14. The molecule has 0 saturated heterocycles. The number of ether oxygens (including phenoxy) is 1. The highest BCUT2D eigenvalue weighted by Gasteiger charge is 2.19. The number of benzene rings is 1. The first-order valence-electron chi connectivity index (χ1n) is 5.11. The number of hydrogen-bond acceptors (Lipinski definition) is 3. The first-order valence-corrected chi connectivity index (χ1v) is 5.11. The van der Waals surface area contributed by atoms with Crippen LogP contribution >= 0.6 is 0 Å². The Labute approximate surface area is 97.4 Å². The Kier molecular flexibility index (Phi) is 4.75. The molecular formula is C12H12F2O3. The van der Waals surface area contributed by atoms with Crippen LogP contribution in [0.2, 0.25) is 0 Å². The standard InChI is InChI=1S/C12H12F2O3/c1-2-17-9-5-3-8(4-6-9)10(15)7-11(16)12(13)14/h3-6,12H,2,7H2,1H3. The van der Waals surface area contributed by atoms with Crippen LogP contribution in [0.25, 0.3) is 0 Å². The molecule has 0 aliphatic heterocycles. The molecule has 0 saturated carbocycles. The average molecular weight is 242 g/mol. The predicted octanol–water partition coefficient (Wildman–Crippen LogP) is 2.49. The number of rotatable bonds is 6. The minimum atomic E-state index is -3.10. The minimum absolute atomic E-state index is 0.224. The molecule has 92 valence electrons. The molecule has 0 aromatic heterocycles. The number of hydrogen-bond donors (Lipinski definition) is 0. The van der Waals surface area contributed by atoms with Crippen LogP contribution in [0, 0.1) is 0 Å². The van der Waals surface area contributed by atoms with Crippen molar-refractivity contribution in [3.63, 3.8) is 0 Å². The third-order valence-corrected chi connectivity index (χ3v) is 2.07. The summed E-state index contributed by atoms with van der Waals surface area (Å²) in [5.74, 6) is -1.38. The van der Waals surface area contributed by atoms with Crippen LogP contribution < -0.4 is 4.74 Å². The predicted molar refractivity (Wildman–Crippen MR) is 57.6 cm³/mol. The molecule has 1 aromatic carbocycles. The summed E-state index contributed by atoms with van der Waals surface area (Å²) in [6.07, 6.45) is -3.87. The van der Waals surface area contributed by atoms with Crippen molar-refractivity contribution in [2.24, 2.45) is 0 Å². The van der Waals surface area contributed by atoms with Gasteiger partial charge in [0.05, 0.1) is 13.0 Å². The van der Waals surface area contributed by atoms with Gasteiger partial charge in [-0.05, 0) is 31.2 Å². The Bertz CT molecular complexity index is 399. The summed E-state index contributed by atoms with van der Waals surface area (Å²) in [4.78, 5) is 22.1. The maximum absolute atomic E-state index is 11.9. The van der Waals surface area contributed by atoms with Gasteiger partial charge in [-0.3, -0.25) is 9.59 Å². The van der Waals surface area contributed by atoms with Gasteiger partial charge in [-0.15, -0.1) is 0 Å². The molecule has 0 N–H and O–H groups in total. The summed E-state index contributed by atoms with van der Waals surface area (Å²) < 4.78 is 29.1. The van der Waals surface area contributed by atoms with Crippen LogP contribution in [0.3, 0.4) is 0 Å². The fourth-order valence-electron chi connectivity index (χ4n) is 1.24. The van der Waals surface area contributed by atoms with Crippen molar-refractivity contribution in [3.8, 4) is 5.75 Å². The summed E-state index contributed by atoms with van der Waals surface area (Å²) in [5, 5.41) is 0. The maximum Gasteiger partial charge on any atom is 0.296 e. The quantitative estimate of drug-likeness (QED) is 0.568. The molecule has 0 fully saturated rings. The lowest BCUT2D eigenvalue weighted by molar-refractivity contribution is -0.128. The van der Waals surface area contributed by atoms with Gasteiger partial charge in [0.15, 0.2) is 5.78 Å². The molecule has 1 rings (SSSR count). The van der Waals surface area contributed by atoms with E-state index in [1.807, 2.05) is 6.92 Å². The van der Waals surface area contributed by atoms with Gasteiger partial charge in [0.1, 0.15) is 5.75 Å². The molecule has 5 heteroatoms. The molecule has 0 aliphatic rings. The zero-order valence-electron chi connectivity index (χ0n) is 9.28. The lowest BCUT2D eigenvalue weighted by Gasteiger charge is -2.04. The van der Waals surface area contributed by atoms with E-state index in [0.29, 0.717) is 12.4 Å². The topological polar surface area (TPSA) is 43.4 Å². The second-order valence-corrected chi connectivity index (χ2v) is 3.32. The molecule has 0 radical (unpaired) electrons.